The molecule has 2 aromatic carbocycles. The van der Waals surface area contributed by atoms with Crippen LogP contribution < -0.4 is 10.1 Å². The average Bonchev–Trinajstić information content (AvgIpc) is 2.85. The van der Waals surface area contributed by atoms with E-state index in [0.717, 1.165) is 39.2 Å². The second-order valence-electron chi connectivity index (χ2n) is 5.96. The Bertz CT molecular complexity index is 970. The summed E-state index contributed by atoms with van der Waals surface area (Å²) in [7, 11) is 3.51. The molecule has 0 radical (unpaired) electrons. The van der Waals surface area contributed by atoms with Crippen LogP contribution in [0.25, 0.3) is 16.8 Å². The van der Waals surface area contributed by atoms with Crippen molar-refractivity contribution in [1.82, 2.24) is 9.78 Å². The number of nitrogens with zero attached hydrogens (tertiary/aromatic N) is 2. The van der Waals surface area contributed by atoms with Crippen LogP contribution in [0.5, 0.6) is 5.75 Å². The van der Waals surface area contributed by atoms with Gasteiger partial charge in [-0.05, 0) is 54.5 Å². The number of ether oxygens (including phenoxy) is 1. The molecular formula is C20H21N3O2. The molecule has 1 aromatic heterocycles. The molecule has 0 saturated heterocycles. The van der Waals surface area contributed by atoms with Crippen molar-refractivity contribution >= 4 is 28.4 Å². The second-order valence-corrected chi connectivity index (χ2v) is 5.96. The topological polar surface area (TPSA) is 56.1 Å². The first-order valence-corrected chi connectivity index (χ1v) is 8.05. The van der Waals surface area contributed by atoms with Gasteiger partial charge in [0.25, 0.3) is 0 Å². The van der Waals surface area contributed by atoms with Gasteiger partial charge in [0.05, 0.1) is 24.2 Å². The van der Waals surface area contributed by atoms with Crippen molar-refractivity contribution in [2.75, 3.05) is 12.4 Å². The maximum Gasteiger partial charge on any atom is 0.248 e. The Morgan fingerprint density at radius 3 is 2.56 bits per heavy atom. The van der Waals surface area contributed by atoms with Gasteiger partial charge < -0.3 is 10.1 Å². The molecule has 1 amide bonds. The first-order chi connectivity index (χ1) is 12.0. The third-order valence-corrected chi connectivity index (χ3v) is 4.26. The molecule has 0 aliphatic rings. The molecule has 1 heterocycles. The summed E-state index contributed by atoms with van der Waals surface area (Å²) < 4.78 is 6.99. The fourth-order valence-corrected chi connectivity index (χ4v) is 2.76. The highest BCUT2D eigenvalue weighted by atomic mass is 16.5. The van der Waals surface area contributed by atoms with Gasteiger partial charge in [0, 0.05) is 13.1 Å². The van der Waals surface area contributed by atoms with E-state index in [-0.39, 0.29) is 5.91 Å². The lowest BCUT2D eigenvalue weighted by Crippen LogP contribution is -2.09. The number of rotatable bonds is 4. The number of methoxy groups -OCH3 is 1. The van der Waals surface area contributed by atoms with Crippen LogP contribution in [0.2, 0.25) is 0 Å². The standard InChI is InChI=1S/C20H21N3O2/c1-13-20(14(2)23(3)22-13)21-19(24)10-6-15-5-7-17-12-18(25-4)9-8-16(17)11-15/h5-12H,1-4H3,(H,21,24). The van der Waals surface area contributed by atoms with E-state index in [9.17, 15) is 4.79 Å². The number of carbonyl (C=O) groups excluding carboxylic acids is 1. The zero-order valence-electron chi connectivity index (χ0n) is 14.8. The number of fused-ring (bicyclic) bond motifs is 1. The molecule has 0 saturated carbocycles. The van der Waals surface area contributed by atoms with E-state index >= 15 is 0 Å². The van der Waals surface area contributed by atoms with Crippen LogP contribution in [0.4, 0.5) is 5.69 Å². The highest BCUT2D eigenvalue weighted by molar-refractivity contribution is 6.02. The van der Waals surface area contributed by atoms with Crippen LogP contribution >= 0.6 is 0 Å². The number of carbonyl (C=O) groups is 1. The summed E-state index contributed by atoms with van der Waals surface area (Å²) >= 11 is 0. The zero-order valence-corrected chi connectivity index (χ0v) is 14.8. The molecule has 3 rings (SSSR count). The minimum absolute atomic E-state index is 0.172. The van der Waals surface area contributed by atoms with Crippen LogP contribution in [0.15, 0.2) is 42.5 Å². The minimum atomic E-state index is -0.172. The van der Waals surface area contributed by atoms with Crippen LogP contribution in [0.1, 0.15) is 17.0 Å². The number of aromatic nitrogens is 2. The normalized spacial score (nSPS) is 11.2. The number of amides is 1. The van der Waals surface area contributed by atoms with E-state index in [0.29, 0.717) is 0 Å². The Balaban J connectivity index is 1.77. The van der Waals surface area contributed by atoms with Gasteiger partial charge >= 0.3 is 0 Å². The maximum absolute atomic E-state index is 12.2. The van der Waals surface area contributed by atoms with E-state index in [4.69, 9.17) is 4.74 Å². The van der Waals surface area contributed by atoms with Gasteiger partial charge in [0.1, 0.15) is 5.75 Å². The van der Waals surface area contributed by atoms with Crippen LogP contribution in [-0.2, 0) is 11.8 Å². The average molecular weight is 335 g/mol. The number of anilines is 1. The maximum atomic E-state index is 12.2. The Morgan fingerprint density at radius 2 is 1.88 bits per heavy atom. The highest BCUT2D eigenvalue weighted by Gasteiger charge is 2.10. The smallest absolute Gasteiger partial charge is 0.248 e. The van der Waals surface area contributed by atoms with E-state index in [1.165, 1.54) is 6.08 Å². The lowest BCUT2D eigenvalue weighted by Gasteiger charge is -2.04. The van der Waals surface area contributed by atoms with Crippen LogP contribution in [0.3, 0.4) is 0 Å². The van der Waals surface area contributed by atoms with Gasteiger partial charge in [-0.15, -0.1) is 0 Å². The molecule has 5 heteroatoms. The SMILES string of the molecule is COc1ccc2cc(C=CC(=O)Nc3c(C)nn(C)c3C)ccc2c1. The van der Waals surface area contributed by atoms with Gasteiger partial charge in [0.15, 0.2) is 0 Å². The summed E-state index contributed by atoms with van der Waals surface area (Å²) in [6.07, 6.45) is 3.34. The van der Waals surface area contributed by atoms with Gasteiger partial charge in [-0.2, -0.15) is 5.10 Å². The minimum Gasteiger partial charge on any atom is -0.497 e. The summed E-state index contributed by atoms with van der Waals surface area (Å²) in [5, 5.41) is 9.39. The summed E-state index contributed by atoms with van der Waals surface area (Å²) in [6, 6.07) is 12.0. The second kappa shape index (κ2) is 6.81. The molecule has 0 unspecified atom stereocenters. The molecule has 0 spiro atoms. The number of hydrogen-bond acceptors (Lipinski definition) is 3. The molecule has 0 atom stereocenters. The van der Waals surface area contributed by atoms with E-state index in [2.05, 4.69) is 10.4 Å². The summed E-state index contributed by atoms with van der Waals surface area (Å²) in [4.78, 5) is 12.2. The lowest BCUT2D eigenvalue weighted by molar-refractivity contribution is -0.111. The third kappa shape index (κ3) is 3.55. The van der Waals surface area contributed by atoms with Crippen molar-refractivity contribution in [3.05, 3.63) is 59.4 Å². The van der Waals surface area contributed by atoms with Gasteiger partial charge in [-0.3, -0.25) is 9.48 Å². The predicted octanol–water partition coefficient (Wildman–Crippen LogP) is 3.85. The monoisotopic (exact) mass is 335 g/mol. The van der Waals surface area contributed by atoms with E-state index in [1.54, 1.807) is 17.9 Å². The number of aryl methyl sites for hydroxylation is 2. The van der Waals surface area contributed by atoms with E-state index < -0.39 is 0 Å². The Hall–Kier alpha value is -3.08. The summed E-state index contributed by atoms with van der Waals surface area (Å²) in [5.74, 6) is 0.659. The van der Waals surface area contributed by atoms with Crippen molar-refractivity contribution < 1.29 is 9.53 Å². The van der Waals surface area contributed by atoms with Crippen molar-refractivity contribution in [2.45, 2.75) is 13.8 Å². The molecule has 0 aliphatic carbocycles. The predicted molar refractivity (Wildman–Crippen MR) is 101 cm³/mol. The molecule has 0 fully saturated rings. The summed E-state index contributed by atoms with van der Waals surface area (Å²) in [5.41, 5.74) is 3.47. The molecule has 1 N–H and O–H groups in total. The molecule has 25 heavy (non-hydrogen) atoms. The third-order valence-electron chi connectivity index (χ3n) is 4.26. The highest BCUT2D eigenvalue weighted by Crippen LogP contribution is 2.22. The van der Waals surface area contributed by atoms with Crippen molar-refractivity contribution in [3.63, 3.8) is 0 Å². The molecule has 0 bridgehead atoms. The van der Waals surface area contributed by atoms with Crippen molar-refractivity contribution in [3.8, 4) is 5.75 Å². The number of hydrogen-bond donors (Lipinski definition) is 1. The molecule has 0 aliphatic heterocycles. The van der Waals surface area contributed by atoms with Crippen molar-refractivity contribution in [1.29, 1.82) is 0 Å². The number of nitrogens with one attached hydrogen (secondary N) is 1. The Morgan fingerprint density at radius 1 is 1.16 bits per heavy atom. The Kier molecular flexibility index (Phi) is 4.57. The first-order valence-electron chi connectivity index (χ1n) is 8.05. The summed E-state index contributed by atoms with van der Waals surface area (Å²) in [6.45, 7) is 3.81. The quantitative estimate of drug-likeness (QED) is 0.737. The van der Waals surface area contributed by atoms with Gasteiger partial charge in [-0.25, -0.2) is 0 Å². The van der Waals surface area contributed by atoms with E-state index in [1.807, 2.05) is 57.3 Å². The van der Waals surface area contributed by atoms with Crippen LogP contribution in [-0.4, -0.2) is 22.8 Å². The molecular weight excluding hydrogens is 314 g/mol. The number of benzene rings is 2. The largest absolute Gasteiger partial charge is 0.497 e. The molecule has 5 nitrogen and oxygen atoms in total. The van der Waals surface area contributed by atoms with Gasteiger partial charge in [-0.1, -0.05) is 18.2 Å². The molecule has 3 aromatic rings. The lowest BCUT2D eigenvalue weighted by atomic mass is 10.1. The van der Waals surface area contributed by atoms with Crippen molar-refractivity contribution in [2.24, 2.45) is 7.05 Å². The fourth-order valence-electron chi connectivity index (χ4n) is 2.76. The van der Waals surface area contributed by atoms with Gasteiger partial charge in [0.2, 0.25) is 5.91 Å². The Labute approximate surface area is 146 Å². The molecule has 128 valence electrons. The fraction of sp³-hybridized carbons (Fsp3) is 0.200. The van der Waals surface area contributed by atoms with Crippen LogP contribution in [0, 0.1) is 13.8 Å². The zero-order chi connectivity index (χ0) is 18.0. The first kappa shape index (κ1) is 16.8.